The van der Waals surface area contributed by atoms with E-state index in [0.717, 1.165) is 11.3 Å². The van der Waals surface area contributed by atoms with Crippen LogP contribution in [0, 0.1) is 0 Å². The maximum Gasteiger partial charge on any atom is 0.255 e. The quantitative estimate of drug-likeness (QED) is 0.503. The standard InChI is InChI=1S/C22H21N7O2/c1-27-21(30)13-19(18-7-9-23-15-24-18)26-22(27)28-11-12-31-20(14-28)16-3-5-17(6-4-16)29-10-2-8-25-29/h2-10,13,15,20H,11-12,14H2,1H3. The van der Waals surface area contributed by atoms with E-state index in [9.17, 15) is 4.79 Å². The van der Waals surface area contributed by atoms with Gasteiger partial charge in [-0.1, -0.05) is 12.1 Å². The molecule has 1 aliphatic heterocycles. The zero-order valence-electron chi connectivity index (χ0n) is 17.0. The molecule has 9 heteroatoms. The lowest BCUT2D eigenvalue weighted by Gasteiger charge is -2.34. The Morgan fingerprint density at radius 1 is 1.10 bits per heavy atom. The summed E-state index contributed by atoms with van der Waals surface area (Å²) < 4.78 is 9.41. The summed E-state index contributed by atoms with van der Waals surface area (Å²) in [5, 5.41) is 4.26. The summed E-state index contributed by atoms with van der Waals surface area (Å²) >= 11 is 0. The summed E-state index contributed by atoms with van der Waals surface area (Å²) in [4.78, 5) is 27.6. The first-order valence-corrected chi connectivity index (χ1v) is 10.00. The largest absolute Gasteiger partial charge is 0.370 e. The van der Waals surface area contributed by atoms with E-state index in [2.05, 4.69) is 32.1 Å². The number of hydrogen-bond donors (Lipinski definition) is 0. The number of nitrogens with zero attached hydrogens (tertiary/aromatic N) is 7. The maximum absolute atomic E-state index is 12.6. The lowest BCUT2D eigenvalue weighted by molar-refractivity contribution is 0.0390. The molecule has 0 spiro atoms. The fourth-order valence-electron chi connectivity index (χ4n) is 3.68. The van der Waals surface area contributed by atoms with Crippen LogP contribution in [0.2, 0.25) is 0 Å². The van der Waals surface area contributed by atoms with E-state index in [-0.39, 0.29) is 11.7 Å². The number of rotatable bonds is 4. The van der Waals surface area contributed by atoms with Gasteiger partial charge in [-0.25, -0.2) is 19.6 Å². The SMILES string of the molecule is Cn1c(N2CCOC(c3ccc(-n4cccn4)cc3)C2)nc(-c2ccncn2)cc1=O. The lowest BCUT2D eigenvalue weighted by Crippen LogP contribution is -2.41. The Morgan fingerprint density at radius 2 is 1.97 bits per heavy atom. The third-order valence-corrected chi connectivity index (χ3v) is 5.34. The van der Waals surface area contributed by atoms with Gasteiger partial charge in [0.1, 0.15) is 12.4 Å². The summed E-state index contributed by atoms with van der Waals surface area (Å²) in [5.74, 6) is 0.600. The van der Waals surface area contributed by atoms with E-state index in [0.29, 0.717) is 37.0 Å². The van der Waals surface area contributed by atoms with Gasteiger partial charge in [-0.05, 0) is 29.8 Å². The first-order chi connectivity index (χ1) is 15.2. The number of ether oxygens (including phenoxy) is 1. The van der Waals surface area contributed by atoms with Crippen LogP contribution >= 0.6 is 0 Å². The minimum absolute atomic E-state index is 0.125. The van der Waals surface area contributed by atoms with Crippen molar-refractivity contribution >= 4 is 5.95 Å². The Morgan fingerprint density at radius 3 is 2.71 bits per heavy atom. The van der Waals surface area contributed by atoms with Gasteiger partial charge in [0.2, 0.25) is 5.95 Å². The van der Waals surface area contributed by atoms with Crippen molar-refractivity contribution in [2.45, 2.75) is 6.10 Å². The molecule has 1 aromatic carbocycles. The Kier molecular flexibility index (Phi) is 5.01. The van der Waals surface area contributed by atoms with Crippen molar-refractivity contribution in [3.63, 3.8) is 0 Å². The predicted molar refractivity (Wildman–Crippen MR) is 115 cm³/mol. The molecular weight excluding hydrogens is 394 g/mol. The van der Waals surface area contributed by atoms with Crippen molar-refractivity contribution in [1.29, 1.82) is 0 Å². The van der Waals surface area contributed by atoms with Crippen molar-refractivity contribution in [3.8, 4) is 17.1 Å². The Bertz CT molecular complexity index is 1220. The Balaban J connectivity index is 1.42. The second kappa shape index (κ2) is 8.11. The van der Waals surface area contributed by atoms with Gasteiger partial charge in [-0.15, -0.1) is 0 Å². The fraction of sp³-hybridized carbons (Fsp3) is 0.227. The van der Waals surface area contributed by atoms with Gasteiger partial charge < -0.3 is 9.64 Å². The number of hydrogen-bond acceptors (Lipinski definition) is 7. The van der Waals surface area contributed by atoms with Crippen molar-refractivity contribution in [3.05, 3.63) is 83.3 Å². The molecule has 1 fully saturated rings. The minimum atomic E-state index is -0.134. The van der Waals surface area contributed by atoms with Gasteiger partial charge in [0.25, 0.3) is 5.56 Å². The lowest BCUT2D eigenvalue weighted by atomic mass is 10.1. The highest BCUT2D eigenvalue weighted by Gasteiger charge is 2.25. The van der Waals surface area contributed by atoms with Gasteiger partial charge in [-0.2, -0.15) is 5.10 Å². The molecule has 5 rings (SSSR count). The molecule has 0 N–H and O–H groups in total. The summed E-state index contributed by atoms with van der Waals surface area (Å²) in [5.41, 5.74) is 3.07. The molecule has 31 heavy (non-hydrogen) atoms. The van der Waals surface area contributed by atoms with Crippen LogP contribution in [-0.4, -0.2) is 49.0 Å². The zero-order valence-corrected chi connectivity index (χ0v) is 17.0. The zero-order chi connectivity index (χ0) is 21.2. The monoisotopic (exact) mass is 415 g/mol. The van der Waals surface area contributed by atoms with Gasteiger partial charge in [0, 0.05) is 38.2 Å². The molecule has 1 unspecified atom stereocenters. The number of anilines is 1. The van der Waals surface area contributed by atoms with Gasteiger partial charge in [0.05, 0.1) is 30.2 Å². The van der Waals surface area contributed by atoms with Crippen molar-refractivity contribution in [2.24, 2.45) is 7.05 Å². The Labute approximate surface area is 178 Å². The molecule has 3 aromatic heterocycles. The molecule has 1 atom stereocenters. The van der Waals surface area contributed by atoms with Crippen molar-refractivity contribution in [2.75, 3.05) is 24.6 Å². The molecule has 0 bridgehead atoms. The molecule has 0 radical (unpaired) electrons. The number of morpholine rings is 1. The van der Waals surface area contributed by atoms with Gasteiger partial charge in [0.15, 0.2) is 0 Å². The molecule has 0 amide bonds. The molecule has 0 aliphatic carbocycles. The summed E-state index contributed by atoms with van der Waals surface area (Å²) in [6.45, 7) is 1.78. The molecule has 9 nitrogen and oxygen atoms in total. The molecule has 4 heterocycles. The van der Waals surface area contributed by atoms with Gasteiger partial charge >= 0.3 is 0 Å². The van der Waals surface area contributed by atoms with Crippen molar-refractivity contribution in [1.82, 2.24) is 29.3 Å². The third-order valence-electron chi connectivity index (χ3n) is 5.34. The Hall–Kier alpha value is -3.85. The topological polar surface area (TPSA) is 91.0 Å². The number of aromatic nitrogens is 6. The predicted octanol–water partition coefficient (Wildman–Crippen LogP) is 2.00. The normalized spacial score (nSPS) is 16.4. The maximum atomic E-state index is 12.6. The average Bonchev–Trinajstić information content (AvgIpc) is 3.37. The van der Waals surface area contributed by atoms with Gasteiger partial charge in [-0.3, -0.25) is 9.36 Å². The molecule has 1 aliphatic rings. The van der Waals surface area contributed by atoms with Crippen molar-refractivity contribution < 1.29 is 4.74 Å². The third kappa shape index (κ3) is 3.82. The van der Waals surface area contributed by atoms with Crippen LogP contribution in [0.1, 0.15) is 11.7 Å². The summed E-state index contributed by atoms with van der Waals surface area (Å²) in [6, 6.07) is 13.3. The molecule has 156 valence electrons. The molecular formula is C22H21N7O2. The van der Waals surface area contributed by atoms with E-state index < -0.39 is 0 Å². The highest BCUT2D eigenvalue weighted by Crippen LogP contribution is 2.26. The van der Waals surface area contributed by atoms with Crippen LogP contribution in [0.3, 0.4) is 0 Å². The highest BCUT2D eigenvalue weighted by molar-refractivity contribution is 5.55. The summed E-state index contributed by atoms with van der Waals surface area (Å²) in [7, 11) is 1.73. The summed E-state index contributed by atoms with van der Waals surface area (Å²) in [6.07, 6.45) is 6.62. The van der Waals surface area contributed by atoms with Crippen LogP contribution in [0.25, 0.3) is 17.1 Å². The van der Waals surface area contributed by atoms with E-state index in [4.69, 9.17) is 9.72 Å². The smallest absolute Gasteiger partial charge is 0.255 e. The van der Waals surface area contributed by atoms with Crippen LogP contribution in [0.15, 0.2) is 72.2 Å². The van der Waals surface area contributed by atoms with E-state index in [1.807, 2.05) is 29.1 Å². The van der Waals surface area contributed by atoms with E-state index in [1.165, 1.54) is 12.4 Å². The average molecular weight is 415 g/mol. The van der Waals surface area contributed by atoms with Crippen LogP contribution in [0.4, 0.5) is 5.95 Å². The molecule has 1 saturated heterocycles. The second-order valence-electron chi connectivity index (χ2n) is 7.28. The first kappa shape index (κ1) is 19.1. The molecule has 0 saturated carbocycles. The van der Waals surface area contributed by atoms with E-state index in [1.54, 1.807) is 30.1 Å². The minimum Gasteiger partial charge on any atom is -0.370 e. The second-order valence-corrected chi connectivity index (χ2v) is 7.28. The highest BCUT2D eigenvalue weighted by atomic mass is 16.5. The van der Waals surface area contributed by atoms with Crippen LogP contribution in [0.5, 0.6) is 0 Å². The van der Waals surface area contributed by atoms with Crippen LogP contribution in [-0.2, 0) is 11.8 Å². The fourth-order valence-corrected chi connectivity index (χ4v) is 3.68. The first-order valence-electron chi connectivity index (χ1n) is 10.00. The number of benzene rings is 1. The molecule has 4 aromatic rings. The van der Waals surface area contributed by atoms with Crippen LogP contribution < -0.4 is 10.5 Å². The van der Waals surface area contributed by atoms with E-state index >= 15 is 0 Å².